The molecular weight excluding hydrogens is 481 g/mol. The highest BCUT2D eigenvalue weighted by Crippen LogP contribution is 2.35. The normalized spacial score (nSPS) is 16.7. The van der Waals surface area contributed by atoms with Crippen LogP contribution in [0.2, 0.25) is 0 Å². The van der Waals surface area contributed by atoms with Crippen LogP contribution in [0.25, 0.3) is 15.9 Å². The minimum absolute atomic E-state index is 0.0170. The van der Waals surface area contributed by atoms with E-state index in [0.717, 1.165) is 16.8 Å². The average Bonchev–Trinajstić information content (AvgIpc) is 2.93. The molecule has 5 rings (SSSR count). The van der Waals surface area contributed by atoms with Gasteiger partial charge in [-0.25, -0.2) is 4.39 Å². The fraction of sp³-hybridized carbons (Fsp3) is 0.276. The van der Waals surface area contributed by atoms with Gasteiger partial charge in [0.05, 0.1) is 17.3 Å². The van der Waals surface area contributed by atoms with Crippen LogP contribution in [-0.4, -0.2) is 45.1 Å². The highest BCUT2D eigenvalue weighted by molar-refractivity contribution is 5.92. The van der Waals surface area contributed by atoms with Crippen molar-refractivity contribution in [1.29, 1.82) is 5.26 Å². The first-order valence-corrected chi connectivity index (χ1v) is 12.3. The summed E-state index contributed by atoms with van der Waals surface area (Å²) < 4.78 is 15.2. The molecule has 38 heavy (non-hydrogen) atoms. The number of nitriles is 1. The molecule has 1 aliphatic heterocycles. The van der Waals surface area contributed by atoms with Crippen molar-refractivity contribution in [3.05, 3.63) is 105 Å². The number of benzene rings is 1. The predicted molar refractivity (Wildman–Crippen MR) is 144 cm³/mol. The summed E-state index contributed by atoms with van der Waals surface area (Å²) in [5.41, 5.74) is 3.98. The molecule has 0 saturated carbocycles. The highest BCUT2D eigenvalue weighted by Gasteiger charge is 2.35. The molecule has 1 aromatic carbocycles. The van der Waals surface area contributed by atoms with Crippen LogP contribution < -0.4 is 10.5 Å². The first-order chi connectivity index (χ1) is 18.3. The Kier molecular flexibility index (Phi) is 6.62. The molecule has 8 nitrogen and oxygen atoms in total. The van der Waals surface area contributed by atoms with Crippen LogP contribution in [0.4, 0.5) is 15.9 Å². The number of piperazine rings is 1. The Labute approximate surface area is 220 Å². The van der Waals surface area contributed by atoms with Crippen LogP contribution in [0.15, 0.2) is 59.5 Å². The van der Waals surface area contributed by atoms with Crippen LogP contribution in [0.3, 0.4) is 0 Å². The summed E-state index contributed by atoms with van der Waals surface area (Å²) in [6, 6.07) is 15.7. The number of hydrogen-bond acceptors (Lipinski definition) is 6. The van der Waals surface area contributed by atoms with E-state index in [-0.39, 0.29) is 29.3 Å². The molecule has 0 N–H and O–H groups in total. The molecule has 0 radical (unpaired) electrons. The molecule has 4 heterocycles. The summed E-state index contributed by atoms with van der Waals surface area (Å²) in [7, 11) is 1.61. The predicted octanol–water partition coefficient (Wildman–Crippen LogP) is 4.50. The van der Waals surface area contributed by atoms with Gasteiger partial charge in [0.15, 0.2) is 0 Å². The molecule has 1 unspecified atom stereocenters. The van der Waals surface area contributed by atoms with Gasteiger partial charge in [0.1, 0.15) is 23.1 Å². The second kappa shape index (κ2) is 10.0. The van der Waals surface area contributed by atoms with Gasteiger partial charge in [-0.3, -0.25) is 14.7 Å². The zero-order chi connectivity index (χ0) is 27.0. The van der Waals surface area contributed by atoms with Gasteiger partial charge in [-0.15, -0.1) is 4.98 Å². The SMILES string of the molecule is [C-]#[N+]c1ccc2c(n1)c(N1CCN(C(c3ccc(F)cc3)c3ccc(C)cn3)[C@H](C)C1)c(C#N)c(=O)n2C. The molecule has 1 aliphatic rings. The van der Waals surface area contributed by atoms with E-state index < -0.39 is 5.56 Å². The molecule has 1 saturated heterocycles. The Morgan fingerprint density at radius 2 is 1.92 bits per heavy atom. The monoisotopic (exact) mass is 507 g/mol. The molecule has 0 bridgehead atoms. The van der Waals surface area contributed by atoms with Crippen molar-refractivity contribution in [2.24, 2.45) is 7.05 Å². The van der Waals surface area contributed by atoms with Crippen molar-refractivity contribution in [2.75, 3.05) is 24.5 Å². The Balaban J connectivity index is 1.56. The maximum atomic E-state index is 13.8. The summed E-state index contributed by atoms with van der Waals surface area (Å²) in [6.45, 7) is 13.1. The second-order valence-electron chi connectivity index (χ2n) is 9.60. The van der Waals surface area contributed by atoms with Gasteiger partial charge >= 0.3 is 0 Å². The van der Waals surface area contributed by atoms with Crippen LogP contribution in [0.5, 0.6) is 0 Å². The third kappa shape index (κ3) is 4.38. The lowest BCUT2D eigenvalue weighted by atomic mass is 9.97. The van der Waals surface area contributed by atoms with E-state index >= 15 is 0 Å². The van der Waals surface area contributed by atoms with Gasteiger partial charge < -0.3 is 14.3 Å². The quantitative estimate of drug-likeness (QED) is 0.379. The number of aromatic nitrogens is 3. The minimum Gasteiger partial charge on any atom is -0.364 e. The molecular formula is C29H26FN7O. The van der Waals surface area contributed by atoms with Gasteiger partial charge in [0.25, 0.3) is 11.4 Å². The lowest BCUT2D eigenvalue weighted by Crippen LogP contribution is -2.53. The van der Waals surface area contributed by atoms with Gasteiger partial charge in [-0.2, -0.15) is 5.26 Å². The molecule has 1 fully saturated rings. The standard InChI is InChI=1S/C29H26FN7O/c1-18-5-10-23(33-16-18)27(20-6-8-21(30)9-7-20)37-14-13-36(17-19(37)2)28-22(15-31)29(38)35(4)24-11-12-25(32-3)34-26(24)28/h5-12,16,19,27H,13-14,17H2,1-2,4H3/t19-,27?/m1/s1. The Bertz CT molecular complexity index is 1600. The maximum Gasteiger partial charge on any atom is 0.271 e. The Morgan fingerprint density at radius 1 is 1.16 bits per heavy atom. The summed E-state index contributed by atoms with van der Waals surface area (Å²) in [4.78, 5) is 30.1. The number of anilines is 1. The topological polar surface area (TPSA) is 82.4 Å². The van der Waals surface area contributed by atoms with Gasteiger partial charge in [-0.1, -0.05) is 24.8 Å². The van der Waals surface area contributed by atoms with E-state index in [2.05, 4.69) is 27.7 Å². The van der Waals surface area contributed by atoms with Crippen LogP contribution >= 0.6 is 0 Å². The van der Waals surface area contributed by atoms with Gasteiger partial charge in [-0.05, 0) is 55.3 Å². The summed E-state index contributed by atoms with van der Waals surface area (Å²) in [6.07, 6.45) is 1.83. The lowest BCUT2D eigenvalue weighted by molar-refractivity contribution is 0.147. The van der Waals surface area contributed by atoms with Crippen molar-refractivity contribution >= 4 is 22.5 Å². The summed E-state index contributed by atoms with van der Waals surface area (Å²) in [5.74, 6) is -0.0927. The summed E-state index contributed by atoms with van der Waals surface area (Å²) >= 11 is 0. The minimum atomic E-state index is -0.393. The van der Waals surface area contributed by atoms with Gasteiger partial charge in [0.2, 0.25) is 5.52 Å². The second-order valence-corrected chi connectivity index (χ2v) is 9.60. The average molecular weight is 508 g/mol. The van der Waals surface area contributed by atoms with Crippen LogP contribution in [0.1, 0.15) is 35.3 Å². The van der Waals surface area contributed by atoms with Crippen LogP contribution in [-0.2, 0) is 7.05 Å². The number of hydrogen-bond donors (Lipinski definition) is 0. The fourth-order valence-electron chi connectivity index (χ4n) is 5.23. The fourth-order valence-corrected chi connectivity index (χ4v) is 5.23. The van der Waals surface area contributed by atoms with E-state index in [1.807, 2.05) is 30.2 Å². The van der Waals surface area contributed by atoms with E-state index in [9.17, 15) is 14.4 Å². The lowest BCUT2D eigenvalue weighted by Gasteiger charge is -2.44. The van der Waals surface area contributed by atoms with Crippen LogP contribution in [0, 0.1) is 30.6 Å². The number of halogens is 1. The van der Waals surface area contributed by atoms with E-state index in [1.165, 1.54) is 16.7 Å². The molecule has 0 spiro atoms. The molecule has 0 aliphatic carbocycles. The van der Waals surface area contributed by atoms with Crippen molar-refractivity contribution in [1.82, 2.24) is 19.4 Å². The largest absolute Gasteiger partial charge is 0.364 e. The van der Waals surface area contributed by atoms with Crippen molar-refractivity contribution < 1.29 is 4.39 Å². The molecule has 9 heteroatoms. The molecule has 4 aromatic rings. The molecule has 3 aromatic heterocycles. The van der Waals surface area contributed by atoms with Crippen molar-refractivity contribution in [2.45, 2.75) is 25.9 Å². The number of nitrogens with zero attached hydrogens (tertiary/aromatic N) is 7. The Hall–Kier alpha value is -4.60. The number of fused-ring (bicyclic) bond motifs is 1. The molecule has 2 atom stereocenters. The smallest absolute Gasteiger partial charge is 0.271 e. The summed E-state index contributed by atoms with van der Waals surface area (Å²) in [5, 5.41) is 9.96. The van der Waals surface area contributed by atoms with E-state index in [0.29, 0.717) is 36.4 Å². The van der Waals surface area contributed by atoms with Crippen molar-refractivity contribution in [3.63, 3.8) is 0 Å². The van der Waals surface area contributed by atoms with E-state index in [4.69, 9.17) is 11.6 Å². The zero-order valence-electron chi connectivity index (χ0n) is 21.4. The van der Waals surface area contributed by atoms with Gasteiger partial charge in [0, 0.05) is 38.9 Å². The maximum absolute atomic E-state index is 13.8. The molecule has 0 amide bonds. The number of aryl methyl sites for hydroxylation is 2. The third-order valence-corrected chi connectivity index (χ3v) is 7.15. The Morgan fingerprint density at radius 3 is 2.55 bits per heavy atom. The van der Waals surface area contributed by atoms with E-state index in [1.54, 1.807) is 31.3 Å². The number of pyridine rings is 3. The zero-order valence-corrected chi connectivity index (χ0v) is 21.4. The first-order valence-electron chi connectivity index (χ1n) is 12.3. The molecule has 190 valence electrons. The first kappa shape index (κ1) is 25.1. The third-order valence-electron chi connectivity index (χ3n) is 7.15. The van der Waals surface area contributed by atoms with Crippen molar-refractivity contribution in [3.8, 4) is 6.07 Å². The number of rotatable bonds is 4. The highest BCUT2D eigenvalue weighted by atomic mass is 19.1.